The average Bonchev–Trinajstić information content (AvgIpc) is 3.51. The fraction of sp³-hybridized carbons (Fsp3) is 0.944. The third-order valence-corrected chi connectivity index (χ3v) is 18.6. The van der Waals surface area contributed by atoms with Gasteiger partial charge in [-0.3, -0.25) is 37.3 Å². The van der Waals surface area contributed by atoms with Crippen LogP contribution in [0.5, 0.6) is 0 Å². The molecule has 0 saturated carbocycles. The van der Waals surface area contributed by atoms with Gasteiger partial charge in [0, 0.05) is 25.7 Å². The van der Waals surface area contributed by atoms with E-state index in [-0.39, 0.29) is 25.7 Å². The number of hydrogen-bond donors (Lipinski definition) is 3. The van der Waals surface area contributed by atoms with Gasteiger partial charge in [0.05, 0.1) is 26.4 Å². The molecule has 0 aliphatic carbocycles. The van der Waals surface area contributed by atoms with Crippen LogP contribution in [0, 0.1) is 17.8 Å². The van der Waals surface area contributed by atoms with Gasteiger partial charge in [-0.1, -0.05) is 305 Å². The largest absolute Gasteiger partial charge is 0.472 e. The second-order valence-corrected chi connectivity index (χ2v) is 29.7. The van der Waals surface area contributed by atoms with Crippen LogP contribution in [-0.2, 0) is 65.4 Å². The molecule has 0 aromatic carbocycles. The van der Waals surface area contributed by atoms with Crippen molar-refractivity contribution in [2.24, 2.45) is 17.8 Å². The molecule has 3 N–H and O–H groups in total. The van der Waals surface area contributed by atoms with E-state index in [1.165, 1.54) is 167 Å². The topological polar surface area (TPSA) is 237 Å². The number of ether oxygens (including phenoxy) is 4. The maximum absolute atomic E-state index is 13.0. The lowest BCUT2D eigenvalue weighted by Gasteiger charge is -2.21. The average molecular weight is 1330 g/mol. The van der Waals surface area contributed by atoms with Crippen molar-refractivity contribution in [3.05, 3.63) is 0 Å². The number of carbonyl (C=O) groups excluding carboxylic acids is 4. The first-order valence-corrected chi connectivity index (χ1v) is 39.9. The molecule has 0 spiro atoms. The van der Waals surface area contributed by atoms with E-state index >= 15 is 0 Å². The molecule has 90 heavy (non-hydrogen) atoms. The minimum Gasteiger partial charge on any atom is -0.462 e. The van der Waals surface area contributed by atoms with Crippen molar-refractivity contribution in [3.63, 3.8) is 0 Å². The van der Waals surface area contributed by atoms with E-state index in [0.717, 1.165) is 108 Å². The zero-order chi connectivity index (χ0) is 66.6. The molecule has 0 aromatic heterocycles. The highest BCUT2D eigenvalue weighted by molar-refractivity contribution is 7.47. The fourth-order valence-corrected chi connectivity index (χ4v) is 12.3. The fourth-order valence-electron chi connectivity index (χ4n) is 10.7. The summed E-state index contributed by atoms with van der Waals surface area (Å²) in [6.07, 6.45) is 45.9. The number of carbonyl (C=O) groups is 4. The lowest BCUT2D eigenvalue weighted by atomic mass is 10.00. The predicted octanol–water partition coefficient (Wildman–Crippen LogP) is 20.2. The first-order valence-electron chi connectivity index (χ1n) is 36.9. The molecule has 534 valence electrons. The van der Waals surface area contributed by atoms with Crippen molar-refractivity contribution < 1.29 is 80.2 Å². The smallest absolute Gasteiger partial charge is 0.462 e. The van der Waals surface area contributed by atoms with Crippen molar-refractivity contribution in [2.75, 3.05) is 39.6 Å². The molecule has 6 atom stereocenters. The highest BCUT2D eigenvalue weighted by atomic mass is 31.2. The van der Waals surface area contributed by atoms with E-state index in [1.54, 1.807) is 0 Å². The predicted molar refractivity (Wildman–Crippen MR) is 363 cm³/mol. The van der Waals surface area contributed by atoms with Crippen molar-refractivity contribution in [3.8, 4) is 0 Å². The molecule has 0 rings (SSSR count). The summed E-state index contributed by atoms with van der Waals surface area (Å²) in [5, 5.41) is 10.6. The Kier molecular flexibility index (Phi) is 60.6. The molecule has 0 radical (unpaired) electrons. The van der Waals surface area contributed by atoms with Crippen LogP contribution >= 0.6 is 15.6 Å². The molecule has 0 aliphatic rings. The minimum absolute atomic E-state index is 0.103. The van der Waals surface area contributed by atoms with E-state index in [9.17, 15) is 43.2 Å². The van der Waals surface area contributed by atoms with Gasteiger partial charge in [0.15, 0.2) is 12.2 Å². The van der Waals surface area contributed by atoms with Crippen molar-refractivity contribution in [1.82, 2.24) is 0 Å². The summed E-state index contributed by atoms with van der Waals surface area (Å²) in [6.45, 7) is 11.8. The van der Waals surface area contributed by atoms with Crippen LogP contribution in [0.1, 0.15) is 357 Å². The van der Waals surface area contributed by atoms with Gasteiger partial charge in [-0.25, -0.2) is 9.13 Å². The van der Waals surface area contributed by atoms with Crippen molar-refractivity contribution in [1.29, 1.82) is 0 Å². The van der Waals surface area contributed by atoms with Gasteiger partial charge in [-0.15, -0.1) is 0 Å². The molecule has 0 amide bonds. The number of aliphatic hydroxyl groups is 1. The second-order valence-electron chi connectivity index (χ2n) is 26.8. The van der Waals surface area contributed by atoms with Gasteiger partial charge >= 0.3 is 39.5 Å². The Hall–Kier alpha value is -1.94. The third-order valence-electron chi connectivity index (χ3n) is 16.7. The highest BCUT2D eigenvalue weighted by Gasteiger charge is 2.30. The Morgan fingerprint density at radius 2 is 0.567 bits per heavy atom. The molecule has 0 fully saturated rings. The number of phosphoric acid groups is 2. The number of esters is 4. The Morgan fingerprint density at radius 1 is 0.322 bits per heavy atom. The van der Waals surface area contributed by atoms with Crippen molar-refractivity contribution >= 4 is 39.5 Å². The number of rotatable bonds is 69. The molecule has 19 heteroatoms. The van der Waals surface area contributed by atoms with E-state index in [4.69, 9.17) is 37.0 Å². The van der Waals surface area contributed by atoms with E-state index in [0.29, 0.717) is 25.7 Å². The molecule has 3 unspecified atom stereocenters. The molecule has 0 aliphatic heterocycles. The second kappa shape index (κ2) is 61.9. The Labute approximate surface area is 549 Å². The molecular weight excluding hydrogens is 1190 g/mol. The van der Waals surface area contributed by atoms with Crippen LogP contribution in [0.4, 0.5) is 0 Å². The Balaban J connectivity index is 5.22. The summed E-state index contributed by atoms with van der Waals surface area (Å²) in [5.41, 5.74) is 0. The zero-order valence-electron chi connectivity index (χ0n) is 58.6. The maximum atomic E-state index is 13.0. The first-order chi connectivity index (χ1) is 43.3. The highest BCUT2D eigenvalue weighted by Crippen LogP contribution is 2.45. The molecular formula is C71H138O17P2. The normalized spacial score (nSPS) is 14.5. The Bertz CT molecular complexity index is 1770. The van der Waals surface area contributed by atoms with Crippen LogP contribution in [0.2, 0.25) is 0 Å². The molecule has 0 bridgehead atoms. The van der Waals surface area contributed by atoms with Gasteiger partial charge in [-0.2, -0.15) is 0 Å². The Morgan fingerprint density at radius 3 is 0.844 bits per heavy atom. The van der Waals surface area contributed by atoms with Gasteiger partial charge in [-0.05, 0) is 43.4 Å². The molecule has 0 heterocycles. The first kappa shape index (κ1) is 88.1. The summed E-state index contributed by atoms with van der Waals surface area (Å²) in [6, 6.07) is 0. The van der Waals surface area contributed by atoms with Gasteiger partial charge in [0.25, 0.3) is 0 Å². The van der Waals surface area contributed by atoms with Crippen LogP contribution in [0.3, 0.4) is 0 Å². The number of unbranched alkanes of at least 4 members (excludes halogenated alkanes) is 36. The van der Waals surface area contributed by atoms with Gasteiger partial charge < -0.3 is 33.8 Å². The minimum atomic E-state index is -4.95. The van der Waals surface area contributed by atoms with E-state index in [1.807, 2.05) is 0 Å². The van der Waals surface area contributed by atoms with Gasteiger partial charge in [0.1, 0.15) is 19.3 Å². The molecule has 17 nitrogen and oxygen atoms in total. The van der Waals surface area contributed by atoms with Crippen molar-refractivity contribution in [2.45, 2.75) is 375 Å². The number of hydrogen-bond acceptors (Lipinski definition) is 15. The van der Waals surface area contributed by atoms with E-state index in [2.05, 4.69) is 48.5 Å². The maximum Gasteiger partial charge on any atom is 0.472 e. The summed E-state index contributed by atoms with van der Waals surface area (Å²) in [7, 11) is -9.90. The van der Waals surface area contributed by atoms with Crippen LogP contribution in [0.25, 0.3) is 0 Å². The SMILES string of the molecule is CCCCCCCCCCCCC(=O)OC[C@H](COP(=O)(O)OC[C@H](O)COP(=O)(O)OC[C@@H](COC(=O)CCCCCCCCCCCC(C)C)OC(=O)CCCCCCCCCCCCCCCCCC(C)C)OC(=O)CCCCCCCCC(C)CC. The monoisotopic (exact) mass is 1320 g/mol. The lowest BCUT2D eigenvalue weighted by molar-refractivity contribution is -0.161. The molecule has 0 saturated heterocycles. The van der Waals surface area contributed by atoms with Crippen LogP contribution in [-0.4, -0.2) is 96.7 Å². The third kappa shape index (κ3) is 63.5. The van der Waals surface area contributed by atoms with E-state index < -0.39 is 97.5 Å². The summed E-state index contributed by atoms with van der Waals surface area (Å²) in [4.78, 5) is 72.5. The quantitative estimate of drug-likeness (QED) is 0.0222. The zero-order valence-corrected chi connectivity index (χ0v) is 60.4. The number of aliphatic hydroxyl groups excluding tert-OH is 1. The number of phosphoric ester groups is 2. The summed E-state index contributed by atoms with van der Waals surface area (Å²) in [5.74, 6) is 0.139. The van der Waals surface area contributed by atoms with Crippen LogP contribution < -0.4 is 0 Å². The summed E-state index contributed by atoms with van der Waals surface area (Å²) >= 11 is 0. The van der Waals surface area contributed by atoms with Crippen LogP contribution in [0.15, 0.2) is 0 Å². The molecule has 0 aromatic rings. The lowest BCUT2D eigenvalue weighted by Crippen LogP contribution is -2.30. The van der Waals surface area contributed by atoms with Gasteiger partial charge in [0.2, 0.25) is 0 Å². The standard InChI is InChI=1S/C71H138O17P2/c1-8-10-11-12-13-14-25-30-38-45-52-68(73)82-59-67(88-71(76)55-48-41-34-33-37-44-51-64(7)9-2)61-86-90(79,80)84-57-65(72)56-83-89(77,78)85-60-66(58-81-69(74)53-46-39-31-27-22-24-29-36-43-50-63(5)6)87-70(75)54-47-40-32-26-21-19-17-15-16-18-20-23-28-35-42-49-62(3)4/h62-67,72H,8-61H2,1-7H3,(H,77,78)(H,79,80)/t64?,65-,66-,67-/m1/s1. The summed E-state index contributed by atoms with van der Waals surface area (Å²) < 4.78 is 68.3.